The summed E-state index contributed by atoms with van der Waals surface area (Å²) in [6, 6.07) is -0.528. The number of nitrogens with zero attached hydrogens (tertiary/aromatic N) is 1. The third-order valence-corrected chi connectivity index (χ3v) is 3.24. The molecule has 0 fully saturated rings. The standard InChI is InChI=1S/C15H30N2O3/c1-7-11(2)10-17(6)14(20)16-12(8-13(18)19)9-15(3,4)5/h11-12H,7-10H2,1-6H3,(H,16,20)(H,18,19). The van der Waals surface area contributed by atoms with Crippen LogP contribution < -0.4 is 5.32 Å². The first kappa shape index (κ1) is 18.7. The van der Waals surface area contributed by atoms with E-state index in [2.05, 4.69) is 19.2 Å². The van der Waals surface area contributed by atoms with Crippen LogP contribution in [0.25, 0.3) is 0 Å². The Morgan fingerprint density at radius 1 is 1.30 bits per heavy atom. The van der Waals surface area contributed by atoms with Gasteiger partial charge in [0.2, 0.25) is 0 Å². The third kappa shape index (κ3) is 8.77. The monoisotopic (exact) mass is 286 g/mol. The van der Waals surface area contributed by atoms with Crippen LogP contribution in [0.1, 0.15) is 53.9 Å². The number of urea groups is 1. The lowest BCUT2D eigenvalue weighted by molar-refractivity contribution is -0.137. The summed E-state index contributed by atoms with van der Waals surface area (Å²) in [6.45, 7) is 11.0. The number of carboxylic acid groups (broad SMARTS) is 1. The Balaban J connectivity index is 4.55. The van der Waals surface area contributed by atoms with E-state index in [1.807, 2.05) is 20.8 Å². The van der Waals surface area contributed by atoms with Gasteiger partial charge in [-0.2, -0.15) is 0 Å². The van der Waals surface area contributed by atoms with Crippen molar-refractivity contribution in [2.24, 2.45) is 11.3 Å². The third-order valence-electron chi connectivity index (χ3n) is 3.24. The van der Waals surface area contributed by atoms with Gasteiger partial charge in [0.1, 0.15) is 0 Å². The molecule has 2 N–H and O–H groups in total. The number of hydrogen-bond acceptors (Lipinski definition) is 2. The summed E-state index contributed by atoms with van der Waals surface area (Å²) in [6.07, 6.45) is 1.61. The normalized spacial score (nSPS) is 14.5. The topological polar surface area (TPSA) is 69.6 Å². The van der Waals surface area contributed by atoms with Gasteiger partial charge < -0.3 is 15.3 Å². The molecule has 0 radical (unpaired) electrons. The van der Waals surface area contributed by atoms with E-state index < -0.39 is 5.97 Å². The van der Waals surface area contributed by atoms with Crippen LogP contribution in [0.5, 0.6) is 0 Å². The van der Waals surface area contributed by atoms with E-state index in [0.29, 0.717) is 18.9 Å². The van der Waals surface area contributed by atoms with Crippen LogP contribution in [0.3, 0.4) is 0 Å². The molecule has 5 nitrogen and oxygen atoms in total. The predicted octanol–water partition coefficient (Wildman–Crippen LogP) is 2.95. The van der Waals surface area contributed by atoms with Gasteiger partial charge in [0.15, 0.2) is 0 Å². The number of carboxylic acids is 1. The lowest BCUT2D eigenvalue weighted by Crippen LogP contribution is -2.46. The molecule has 118 valence electrons. The molecule has 0 aliphatic rings. The van der Waals surface area contributed by atoms with Gasteiger partial charge in [-0.25, -0.2) is 4.79 Å². The van der Waals surface area contributed by atoms with E-state index in [4.69, 9.17) is 5.11 Å². The van der Waals surface area contributed by atoms with Gasteiger partial charge in [-0.05, 0) is 17.8 Å². The molecule has 2 atom stereocenters. The molecule has 0 spiro atoms. The smallest absolute Gasteiger partial charge is 0.317 e. The number of nitrogens with one attached hydrogen (secondary N) is 1. The zero-order valence-corrected chi connectivity index (χ0v) is 13.7. The average molecular weight is 286 g/mol. The predicted molar refractivity (Wildman–Crippen MR) is 80.7 cm³/mol. The second-order valence-electron chi connectivity index (χ2n) is 6.90. The molecule has 0 heterocycles. The molecule has 20 heavy (non-hydrogen) atoms. The molecular formula is C15H30N2O3. The minimum atomic E-state index is -0.885. The van der Waals surface area contributed by atoms with Crippen molar-refractivity contribution in [2.45, 2.75) is 59.9 Å². The van der Waals surface area contributed by atoms with Crippen LogP contribution in [0.15, 0.2) is 0 Å². The fourth-order valence-corrected chi connectivity index (χ4v) is 2.09. The number of aliphatic carboxylic acids is 1. The Morgan fingerprint density at radius 3 is 2.25 bits per heavy atom. The fraction of sp³-hybridized carbons (Fsp3) is 0.867. The lowest BCUT2D eigenvalue weighted by atomic mass is 9.87. The first-order valence-electron chi connectivity index (χ1n) is 7.28. The number of carbonyl (C=O) groups is 2. The first-order valence-corrected chi connectivity index (χ1v) is 7.28. The maximum atomic E-state index is 12.1. The van der Waals surface area contributed by atoms with Crippen LogP contribution in [-0.2, 0) is 4.79 Å². The van der Waals surface area contributed by atoms with E-state index in [1.54, 1.807) is 11.9 Å². The molecule has 0 rings (SSSR count). The molecule has 0 aromatic heterocycles. The highest BCUT2D eigenvalue weighted by molar-refractivity contribution is 5.75. The van der Waals surface area contributed by atoms with Gasteiger partial charge in [-0.3, -0.25) is 4.79 Å². The summed E-state index contributed by atoms with van der Waals surface area (Å²) in [7, 11) is 1.75. The van der Waals surface area contributed by atoms with Crippen molar-refractivity contribution in [3.8, 4) is 0 Å². The molecular weight excluding hydrogens is 256 g/mol. The summed E-state index contributed by atoms with van der Waals surface area (Å²) < 4.78 is 0. The van der Waals surface area contributed by atoms with Crippen molar-refractivity contribution in [1.82, 2.24) is 10.2 Å². The van der Waals surface area contributed by atoms with Crippen LogP contribution in [0.2, 0.25) is 0 Å². The fourth-order valence-electron chi connectivity index (χ4n) is 2.09. The van der Waals surface area contributed by atoms with Gasteiger partial charge >= 0.3 is 12.0 Å². The quantitative estimate of drug-likeness (QED) is 0.756. The Bertz CT molecular complexity index is 324. The number of rotatable bonds is 7. The Hall–Kier alpha value is -1.26. The van der Waals surface area contributed by atoms with Crippen molar-refractivity contribution in [3.05, 3.63) is 0 Å². The highest BCUT2D eigenvalue weighted by atomic mass is 16.4. The Morgan fingerprint density at radius 2 is 1.85 bits per heavy atom. The van der Waals surface area contributed by atoms with Crippen molar-refractivity contribution < 1.29 is 14.7 Å². The largest absolute Gasteiger partial charge is 0.481 e. The molecule has 0 aliphatic heterocycles. The van der Waals surface area contributed by atoms with Gasteiger partial charge in [0.25, 0.3) is 0 Å². The van der Waals surface area contributed by atoms with Crippen LogP contribution in [0, 0.1) is 11.3 Å². The molecule has 0 bridgehead atoms. The van der Waals surface area contributed by atoms with E-state index in [-0.39, 0.29) is 23.9 Å². The maximum absolute atomic E-state index is 12.1. The van der Waals surface area contributed by atoms with Gasteiger partial charge in [-0.1, -0.05) is 41.0 Å². The summed E-state index contributed by atoms with van der Waals surface area (Å²) in [4.78, 5) is 24.6. The molecule has 0 aromatic carbocycles. The summed E-state index contributed by atoms with van der Waals surface area (Å²) in [5, 5.41) is 11.8. The summed E-state index contributed by atoms with van der Waals surface area (Å²) in [5.74, 6) is -0.449. The molecule has 0 saturated carbocycles. The average Bonchev–Trinajstić information content (AvgIpc) is 2.25. The summed E-state index contributed by atoms with van der Waals surface area (Å²) >= 11 is 0. The van der Waals surface area contributed by atoms with Gasteiger partial charge in [0, 0.05) is 19.6 Å². The van der Waals surface area contributed by atoms with Crippen LogP contribution >= 0.6 is 0 Å². The van der Waals surface area contributed by atoms with Gasteiger partial charge in [-0.15, -0.1) is 0 Å². The highest BCUT2D eigenvalue weighted by Gasteiger charge is 2.24. The molecule has 0 saturated heterocycles. The second-order valence-corrected chi connectivity index (χ2v) is 6.90. The number of hydrogen-bond donors (Lipinski definition) is 2. The molecule has 0 aromatic rings. The minimum absolute atomic E-state index is 0.0251. The zero-order chi connectivity index (χ0) is 15.9. The maximum Gasteiger partial charge on any atom is 0.317 e. The van der Waals surface area contributed by atoms with Crippen LogP contribution in [0.4, 0.5) is 4.79 Å². The first-order chi connectivity index (χ1) is 9.05. The molecule has 2 unspecified atom stereocenters. The van der Waals surface area contributed by atoms with Crippen molar-refractivity contribution in [3.63, 3.8) is 0 Å². The number of amides is 2. The molecule has 2 amide bonds. The summed E-state index contributed by atoms with van der Waals surface area (Å²) in [5.41, 5.74) is -0.0251. The van der Waals surface area contributed by atoms with Crippen LogP contribution in [-0.4, -0.2) is 41.6 Å². The van der Waals surface area contributed by atoms with Crippen molar-refractivity contribution in [2.75, 3.05) is 13.6 Å². The van der Waals surface area contributed by atoms with Gasteiger partial charge in [0.05, 0.1) is 6.42 Å². The SMILES string of the molecule is CCC(C)CN(C)C(=O)NC(CC(=O)O)CC(C)(C)C. The minimum Gasteiger partial charge on any atom is -0.481 e. The van der Waals surface area contributed by atoms with E-state index in [9.17, 15) is 9.59 Å². The lowest BCUT2D eigenvalue weighted by Gasteiger charge is -2.28. The highest BCUT2D eigenvalue weighted by Crippen LogP contribution is 2.22. The van der Waals surface area contributed by atoms with E-state index >= 15 is 0 Å². The Kier molecular flexibility index (Phi) is 7.61. The Labute approximate surface area is 122 Å². The van der Waals surface area contributed by atoms with Crippen molar-refractivity contribution in [1.29, 1.82) is 0 Å². The zero-order valence-electron chi connectivity index (χ0n) is 13.7. The molecule has 0 aliphatic carbocycles. The van der Waals surface area contributed by atoms with E-state index in [1.165, 1.54) is 0 Å². The second kappa shape index (κ2) is 8.12. The number of carbonyl (C=O) groups excluding carboxylic acids is 1. The van der Waals surface area contributed by atoms with E-state index in [0.717, 1.165) is 6.42 Å². The van der Waals surface area contributed by atoms with Crippen molar-refractivity contribution >= 4 is 12.0 Å². The molecule has 5 heteroatoms.